The van der Waals surface area contributed by atoms with E-state index in [1.807, 2.05) is 24.3 Å². The smallest absolute Gasteiger partial charge is 0.227 e. The summed E-state index contributed by atoms with van der Waals surface area (Å²) in [5, 5.41) is 6.83. The van der Waals surface area contributed by atoms with Crippen molar-refractivity contribution in [1.82, 2.24) is 15.5 Å². The van der Waals surface area contributed by atoms with Crippen molar-refractivity contribution in [2.24, 2.45) is 0 Å². The summed E-state index contributed by atoms with van der Waals surface area (Å²) in [6.07, 6.45) is 3.00. The maximum Gasteiger partial charge on any atom is 0.227 e. The molecule has 3 rings (SSSR count). The number of aryl methyl sites for hydroxylation is 1. The summed E-state index contributed by atoms with van der Waals surface area (Å²) in [7, 11) is 0. The van der Waals surface area contributed by atoms with E-state index in [1.165, 1.54) is 0 Å². The lowest BCUT2D eigenvalue weighted by Gasteiger charge is -2.09. The zero-order valence-electron chi connectivity index (χ0n) is 12.6. The Balaban J connectivity index is 1.47. The summed E-state index contributed by atoms with van der Waals surface area (Å²) in [4.78, 5) is 16.1. The van der Waals surface area contributed by atoms with Gasteiger partial charge in [-0.1, -0.05) is 21.1 Å². The highest BCUT2D eigenvalue weighted by Gasteiger charge is 2.16. The monoisotopic (exact) mass is 379 g/mol. The molecule has 1 saturated heterocycles. The van der Waals surface area contributed by atoms with Gasteiger partial charge in [-0.15, -0.1) is 0 Å². The van der Waals surface area contributed by atoms with E-state index in [-0.39, 0.29) is 12.0 Å². The number of aromatic nitrogens is 2. The van der Waals surface area contributed by atoms with Crippen LogP contribution in [0.5, 0.6) is 0 Å². The Morgan fingerprint density at radius 2 is 2.17 bits per heavy atom. The van der Waals surface area contributed by atoms with Crippen molar-refractivity contribution in [3.63, 3.8) is 0 Å². The maximum atomic E-state index is 11.8. The first kappa shape index (κ1) is 16.1. The molecule has 122 valence electrons. The van der Waals surface area contributed by atoms with Gasteiger partial charge in [-0.2, -0.15) is 4.98 Å². The molecule has 1 aromatic heterocycles. The number of rotatable bonds is 6. The van der Waals surface area contributed by atoms with Crippen molar-refractivity contribution < 1.29 is 14.1 Å². The predicted molar refractivity (Wildman–Crippen MR) is 87.7 cm³/mol. The molecule has 1 atom stereocenters. The molecule has 1 aliphatic heterocycles. The molecular formula is C16H18BrN3O3. The Bertz CT molecular complexity index is 651. The van der Waals surface area contributed by atoms with Crippen molar-refractivity contribution in [2.45, 2.75) is 31.8 Å². The van der Waals surface area contributed by atoms with E-state index in [1.54, 1.807) is 0 Å². The number of hydrogen-bond donors (Lipinski definition) is 1. The summed E-state index contributed by atoms with van der Waals surface area (Å²) >= 11 is 3.39. The Hall–Kier alpha value is -1.73. The minimum atomic E-state index is -0.0242. The van der Waals surface area contributed by atoms with Gasteiger partial charge in [0.15, 0.2) is 0 Å². The number of amides is 1. The number of ether oxygens (including phenoxy) is 1. The highest BCUT2D eigenvalue weighted by atomic mass is 79.9. The second kappa shape index (κ2) is 7.70. The van der Waals surface area contributed by atoms with E-state index in [2.05, 4.69) is 31.4 Å². The molecule has 0 radical (unpaired) electrons. The number of hydrogen-bond acceptors (Lipinski definition) is 5. The van der Waals surface area contributed by atoms with E-state index in [4.69, 9.17) is 9.26 Å². The van der Waals surface area contributed by atoms with Gasteiger partial charge in [0, 0.05) is 36.0 Å². The van der Waals surface area contributed by atoms with E-state index in [0.717, 1.165) is 29.5 Å². The van der Waals surface area contributed by atoms with Crippen LogP contribution in [0, 0.1) is 0 Å². The highest BCUT2D eigenvalue weighted by molar-refractivity contribution is 9.10. The molecule has 2 heterocycles. The van der Waals surface area contributed by atoms with Gasteiger partial charge < -0.3 is 14.6 Å². The topological polar surface area (TPSA) is 77.2 Å². The second-order valence-electron chi connectivity index (χ2n) is 5.46. The summed E-state index contributed by atoms with van der Waals surface area (Å²) < 4.78 is 11.7. The van der Waals surface area contributed by atoms with Crippen LogP contribution < -0.4 is 5.32 Å². The van der Waals surface area contributed by atoms with Gasteiger partial charge in [0.2, 0.25) is 17.6 Å². The zero-order valence-corrected chi connectivity index (χ0v) is 14.2. The van der Waals surface area contributed by atoms with Gasteiger partial charge in [-0.3, -0.25) is 4.79 Å². The fraction of sp³-hybridized carbons (Fsp3) is 0.438. The van der Waals surface area contributed by atoms with Crippen molar-refractivity contribution >= 4 is 21.8 Å². The van der Waals surface area contributed by atoms with E-state index in [9.17, 15) is 4.79 Å². The third-order valence-electron chi connectivity index (χ3n) is 3.69. The van der Waals surface area contributed by atoms with Crippen molar-refractivity contribution in [1.29, 1.82) is 0 Å². The molecule has 2 aromatic rings. The first-order chi connectivity index (χ1) is 11.2. The van der Waals surface area contributed by atoms with Gasteiger partial charge in [0.05, 0.1) is 6.10 Å². The maximum absolute atomic E-state index is 11.8. The van der Waals surface area contributed by atoms with Crippen LogP contribution in [-0.2, 0) is 16.0 Å². The van der Waals surface area contributed by atoms with Gasteiger partial charge in [0.25, 0.3) is 0 Å². The molecule has 1 aromatic carbocycles. The number of carbonyl (C=O) groups is 1. The molecule has 0 saturated carbocycles. The fourth-order valence-electron chi connectivity index (χ4n) is 2.41. The minimum Gasteiger partial charge on any atom is -0.376 e. The average Bonchev–Trinajstić information content (AvgIpc) is 3.23. The van der Waals surface area contributed by atoms with Crippen LogP contribution in [-0.4, -0.2) is 35.3 Å². The number of nitrogens with zero attached hydrogens (tertiary/aromatic N) is 2. The molecule has 1 unspecified atom stereocenters. The van der Waals surface area contributed by atoms with Crippen LogP contribution in [0.15, 0.2) is 33.3 Å². The minimum absolute atomic E-state index is 0.0242. The molecule has 0 aliphatic carbocycles. The molecule has 1 aliphatic rings. The quantitative estimate of drug-likeness (QED) is 0.834. The lowest BCUT2D eigenvalue weighted by molar-refractivity contribution is -0.121. The van der Waals surface area contributed by atoms with Crippen molar-refractivity contribution in [3.8, 4) is 11.4 Å². The Kier molecular flexibility index (Phi) is 5.40. The Labute approximate surface area is 142 Å². The Morgan fingerprint density at radius 3 is 2.91 bits per heavy atom. The standard InChI is InChI=1S/C16H18BrN3O3/c17-12-5-3-11(4-6-12)16-19-15(23-20-16)8-7-14(21)18-10-13-2-1-9-22-13/h3-6,13H,1-2,7-10H2,(H,18,21). The molecular weight excluding hydrogens is 362 g/mol. The number of nitrogens with one attached hydrogen (secondary N) is 1. The molecule has 7 heteroatoms. The van der Waals surface area contributed by atoms with Crippen LogP contribution in [0.4, 0.5) is 0 Å². The summed E-state index contributed by atoms with van der Waals surface area (Å²) in [6, 6.07) is 7.66. The summed E-state index contributed by atoms with van der Waals surface area (Å²) in [6.45, 7) is 1.37. The van der Waals surface area contributed by atoms with E-state index in [0.29, 0.717) is 31.1 Å². The lowest BCUT2D eigenvalue weighted by Crippen LogP contribution is -2.31. The molecule has 23 heavy (non-hydrogen) atoms. The van der Waals surface area contributed by atoms with Crippen LogP contribution in [0.25, 0.3) is 11.4 Å². The van der Waals surface area contributed by atoms with Gasteiger partial charge in [-0.05, 0) is 37.1 Å². The van der Waals surface area contributed by atoms with Crippen LogP contribution in [0.1, 0.15) is 25.2 Å². The third kappa shape index (κ3) is 4.62. The SMILES string of the molecule is O=C(CCc1nc(-c2ccc(Br)cc2)no1)NCC1CCCO1. The normalized spacial score (nSPS) is 17.3. The first-order valence-corrected chi connectivity index (χ1v) is 8.47. The first-order valence-electron chi connectivity index (χ1n) is 7.67. The molecule has 0 spiro atoms. The second-order valence-corrected chi connectivity index (χ2v) is 6.37. The molecule has 1 fully saturated rings. The van der Waals surface area contributed by atoms with Crippen LogP contribution in [0.3, 0.4) is 0 Å². The van der Waals surface area contributed by atoms with Crippen LogP contribution >= 0.6 is 15.9 Å². The van der Waals surface area contributed by atoms with E-state index >= 15 is 0 Å². The van der Waals surface area contributed by atoms with Crippen molar-refractivity contribution in [2.75, 3.05) is 13.2 Å². The third-order valence-corrected chi connectivity index (χ3v) is 4.22. The fourth-order valence-corrected chi connectivity index (χ4v) is 2.68. The Morgan fingerprint density at radius 1 is 1.35 bits per heavy atom. The van der Waals surface area contributed by atoms with Crippen molar-refractivity contribution in [3.05, 3.63) is 34.6 Å². The highest BCUT2D eigenvalue weighted by Crippen LogP contribution is 2.19. The largest absolute Gasteiger partial charge is 0.376 e. The van der Waals surface area contributed by atoms with Gasteiger partial charge in [-0.25, -0.2) is 0 Å². The molecule has 0 bridgehead atoms. The summed E-state index contributed by atoms with van der Waals surface area (Å²) in [5.41, 5.74) is 0.881. The number of carbonyl (C=O) groups excluding carboxylic acids is 1. The molecule has 1 N–H and O–H groups in total. The van der Waals surface area contributed by atoms with E-state index < -0.39 is 0 Å². The number of benzene rings is 1. The van der Waals surface area contributed by atoms with Gasteiger partial charge in [0.1, 0.15) is 0 Å². The molecule has 6 nitrogen and oxygen atoms in total. The van der Waals surface area contributed by atoms with Gasteiger partial charge >= 0.3 is 0 Å². The lowest BCUT2D eigenvalue weighted by atomic mass is 10.2. The zero-order chi connectivity index (χ0) is 16.1. The number of halogens is 1. The average molecular weight is 380 g/mol. The molecule has 1 amide bonds. The summed E-state index contributed by atoms with van der Waals surface area (Å²) in [5.74, 6) is 0.978. The predicted octanol–water partition coefficient (Wildman–Crippen LogP) is 2.73. The van der Waals surface area contributed by atoms with Crippen LogP contribution in [0.2, 0.25) is 0 Å².